The van der Waals surface area contributed by atoms with Gasteiger partial charge in [0.15, 0.2) is 6.61 Å². The third-order valence-corrected chi connectivity index (χ3v) is 4.04. The molecule has 0 saturated carbocycles. The van der Waals surface area contributed by atoms with Gasteiger partial charge in [0, 0.05) is 4.88 Å². The van der Waals surface area contributed by atoms with Crippen molar-refractivity contribution in [2.75, 3.05) is 13.7 Å². The predicted molar refractivity (Wildman–Crippen MR) is 84.2 cm³/mol. The molecule has 1 N–H and O–H groups in total. The molecule has 0 unspecified atom stereocenters. The lowest BCUT2D eigenvalue weighted by Gasteiger charge is -2.12. The number of hydrogen-bond donors (Lipinski definition) is 1. The number of amides is 1. The maximum absolute atomic E-state index is 11.9. The molecule has 116 valence electrons. The molecule has 1 amide bonds. The molecular weight excluding hydrogens is 302 g/mol. The van der Waals surface area contributed by atoms with Gasteiger partial charge in [-0.1, -0.05) is 12.1 Å². The Balaban J connectivity index is 1.84. The van der Waals surface area contributed by atoms with Gasteiger partial charge in [0.1, 0.15) is 5.75 Å². The SMILES string of the molecule is COc1cccc(C(=O)OCC(=O)N[C@H](C)c2cccs2)c1. The lowest BCUT2D eigenvalue weighted by atomic mass is 10.2. The van der Waals surface area contributed by atoms with Crippen LogP contribution in [0.15, 0.2) is 41.8 Å². The standard InChI is InChI=1S/C16H17NO4S/c1-11(14-7-4-8-22-14)17-15(18)10-21-16(19)12-5-3-6-13(9-12)20-2/h3-9,11H,10H2,1-2H3,(H,17,18)/t11-/m1/s1. The number of ether oxygens (including phenoxy) is 2. The molecule has 0 aliphatic rings. The van der Waals surface area contributed by atoms with Crippen LogP contribution in [0.1, 0.15) is 28.2 Å². The van der Waals surface area contributed by atoms with Crippen molar-refractivity contribution in [1.29, 1.82) is 0 Å². The molecule has 2 aromatic rings. The van der Waals surface area contributed by atoms with Gasteiger partial charge >= 0.3 is 5.97 Å². The molecule has 1 aromatic heterocycles. The number of esters is 1. The van der Waals surface area contributed by atoms with E-state index in [1.807, 2.05) is 24.4 Å². The van der Waals surface area contributed by atoms with Crippen LogP contribution in [0.25, 0.3) is 0 Å². The second kappa shape index (κ2) is 7.61. The Morgan fingerprint density at radius 2 is 2.09 bits per heavy atom. The van der Waals surface area contributed by atoms with Crippen LogP contribution in [-0.2, 0) is 9.53 Å². The van der Waals surface area contributed by atoms with Gasteiger partial charge in [-0.15, -0.1) is 11.3 Å². The highest BCUT2D eigenvalue weighted by atomic mass is 32.1. The minimum Gasteiger partial charge on any atom is -0.497 e. The molecule has 6 heteroatoms. The number of thiophene rings is 1. The van der Waals surface area contributed by atoms with Crippen LogP contribution < -0.4 is 10.1 Å². The van der Waals surface area contributed by atoms with Gasteiger partial charge in [0.05, 0.1) is 18.7 Å². The molecule has 0 saturated heterocycles. The minimum atomic E-state index is -0.558. The van der Waals surface area contributed by atoms with Gasteiger partial charge in [0.2, 0.25) is 0 Å². The number of hydrogen-bond acceptors (Lipinski definition) is 5. The summed E-state index contributed by atoms with van der Waals surface area (Å²) < 4.78 is 10.0. The fraction of sp³-hybridized carbons (Fsp3) is 0.250. The largest absolute Gasteiger partial charge is 0.497 e. The normalized spacial score (nSPS) is 11.5. The first-order chi connectivity index (χ1) is 10.6. The molecule has 5 nitrogen and oxygen atoms in total. The summed E-state index contributed by atoms with van der Waals surface area (Å²) in [6.07, 6.45) is 0. The summed E-state index contributed by atoms with van der Waals surface area (Å²) in [4.78, 5) is 24.7. The fourth-order valence-corrected chi connectivity index (χ4v) is 2.59. The highest BCUT2D eigenvalue weighted by Gasteiger charge is 2.14. The van der Waals surface area contributed by atoms with Crippen molar-refractivity contribution < 1.29 is 19.1 Å². The maximum atomic E-state index is 11.9. The molecule has 0 aliphatic heterocycles. The van der Waals surface area contributed by atoms with Crippen LogP contribution in [0.4, 0.5) is 0 Å². The highest BCUT2D eigenvalue weighted by molar-refractivity contribution is 7.10. The number of carbonyl (C=O) groups is 2. The van der Waals surface area contributed by atoms with Gasteiger partial charge in [-0.2, -0.15) is 0 Å². The van der Waals surface area contributed by atoms with Crippen LogP contribution in [-0.4, -0.2) is 25.6 Å². The van der Waals surface area contributed by atoms with E-state index in [9.17, 15) is 9.59 Å². The molecule has 0 spiro atoms. The Hall–Kier alpha value is -2.34. The molecule has 22 heavy (non-hydrogen) atoms. The topological polar surface area (TPSA) is 64.6 Å². The van der Waals surface area contributed by atoms with Crippen molar-refractivity contribution in [2.24, 2.45) is 0 Å². The summed E-state index contributed by atoms with van der Waals surface area (Å²) in [6.45, 7) is 1.57. The van der Waals surface area contributed by atoms with Crippen LogP contribution in [0, 0.1) is 0 Å². The summed E-state index contributed by atoms with van der Waals surface area (Å²) >= 11 is 1.56. The fourth-order valence-electron chi connectivity index (χ4n) is 1.86. The number of carbonyl (C=O) groups excluding carboxylic acids is 2. The molecule has 0 radical (unpaired) electrons. The van der Waals surface area contributed by atoms with E-state index in [4.69, 9.17) is 9.47 Å². The Labute approximate surface area is 132 Å². The van der Waals surface area contributed by atoms with Crippen LogP contribution in [0.3, 0.4) is 0 Å². The molecule has 0 aliphatic carbocycles. The zero-order valence-corrected chi connectivity index (χ0v) is 13.2. The zero-order valence-electron chi connectivity index (χ0n) is 12.4. The van der Waals surface area contributed by atoms with Gasteiger partial charge in [-0.3, -0.25) is 4.79 Å². The summed E-state index contributed by atoms with van der Waals surface area (Å²) in [6, 6.07) is 10.3. The summed E-state index contributed by atoms with van der Waals surface area (Å²) in [5, 5.41) is 4.73. The van der Waals surface area contributed by atoms with Crippen molar-refractivity contribution in [3.63, 3.8) is 0 Å². The highest BCUT2D eigenvalue weighted by Crippen LogP contribution is 2.18. The van der Waals surface area contributed by atoms with Gasteiger partial charge < -0.3 is 14.8 Å². The monoisotopic (exact) mass is 319 g/mol. The van der Waals surface area contributed by atoms with E-state index in [0.29, 0.717) is 11.3 Å². The Morgan fingerprint density at radius 1 is 1.27 bits per heavy atom. The lowest BCUT2D eigenvalue weighted by Crippen LogP contribution is -2.30. The minimum absolute atomic E-state index is 0.108. The van der Waals surface area contributed by atoms with Crippen molar-refractivity contribution in [1.82, 2.24) is 5.32 Å². The van der Waals surface area contributed by atoms with E-state index in [1.165, 1.54) is 7.11 Å². The second-order valence-electron chi connectivity index (χ2n) is 4.61. The number of benzene rings is 1. The predicted octanol–water partition coefficient (Wildman–Crippen LogP) is 2.79. The average molecular weight is 319 g/mol. The van der Waals surface area contributed by atoms with Crippen LogP contribution in [0.5, 0.6) is 5.75 Å². The zero-order chi connectivity index (χ0) is 15.9. The van der Waals surface area contributed by atoms with Crippen molar-refractivity contribution in [3.8, 4) is 5.75 Å². The van der Waals surface area contributed by atoms with Crippen LogP contribution >= 0.6 is 11.3 Å². The number of rotatable bonds is 6. The Morgan fingerprint density at radius 3 is 2.77 bits per heavy atom. The molecule has 0 bridgehead atoms. The quantitative estimate of drug-likeness (QED) is 0.832. The van der Waals surface area contributed by atoms with E-state index in [1.54, 1.807) is 35.6 Å². The van der Waals surface area contributed by atoms with Gasteiger partial charge in [0.25, 0.3) is 5.91 Å². The van der Waals surface area contributed by atoms with Crippen molar-refractivity contribution >= 4 is 23.2 Å². The summed E-state index contributed by atoms with van der Waals surface area (Å²) in [5.41, 5.74) is 0.346. The Kier molecular flexibility index (Phi) is 5.55. The first-order valence-electron chi connectivity index (χ1n) is 6.74. The first-order valence-corrected chi connectivity index (χ1v) is 7.62. The second-order valence-corrected chi connectivity index (χ2v) is 5.59. The van der Waals surface area contributed by atoms with E-state index < -0.39 is 5.97 Å². The molecule has 2 rings (SSSR count). The molecule has 1 heterocycles. The summed E-state index contributed by atoms with van der Waals surface area (Å²) in [7, 11) is 1.52. The molecular formula is C16H17NO4S. The number of nitrogens with one attached hydrogen (secondary N) is 1. The number of methoxy groups -OCH3 is 1. The smallest absolute Gasteiger partial charge is 0.338 e. The average Bonchev–Trinajstić information content (AvgIpc) is 3.07. The maximum Gasteiger partial charge on any atom is 0.338 e. The lowest BCUT2D eigenvalue weighted by molar-refractivity contribution is -0.124. The van der Waals surface area contributed by atoms with Crippen molar-refractivity contribution in [3.05, 3.63) is 52.2 Å². The molecule has 1 atom stereocenters. The third kappa shape index (κ3) is 4.33. The van der Waals surface area contributed by atoms with Gasteiger partial charge in [-0.25, -0.2) is 4.79 Å². The molecule has 1 aromatic carbocycles. The third-order valence-electron chi connectivity index (χ3n) is 2.99. The first kappa shape index (κ1) is 16.0. The van der Waals surface area contributed by atoms with E-state index in [2.05, 4.69) is 5.32 Å². The molecule has 0 fully saturated rings. The van der Waals surface area contributed by atoms with Crippen molar-refractivity contribution in [2.45, 2.75) is 13.0 Å². The van der Waals surface area contributed by atoms with E-state index in [0.717, 1.165) is 4.88 Å². The Bertz CT molecular complexity index is 639. The van der Waals surface area contributed by atoms with E-state index in [-0.39, 0.29) is 18.6 Å². The summed E-state index contributed by atoms with van der Waals surface area (Å²) in [5.74, 6) is -0.333. The van der Waals surface area contributed by atoms with Crippen LogP contribution in [0.2, 0.25) is 0 Å². The van der Waals surface area contributed by atoms with Gasteiger partial charge in [-0.05, 0) is 36.6 Å². The van der Waals surface area contributed by atoms with E-state index >= 15 is 0 Å².